The molecule has 98 valence electrons. The Morgan fingerprint density at radius 3 is 2.39 bits per heavy atom. The van der Waals surface area contributed by atoms with Crippen molar-refractivity contribution in [2.75, 3.05) is 5.32 Å². The Balaban J connectivity index is 2.65. The van der Waals surface area contributed by atoms with Gasteiger partial charge in [0.05, 0.1) is 11.3 Å². The SMILES string of the molecule is CC(=NO)C(C)(C)NC(=O)Nc1ccc(Cl)cc1. The van der Waals surface area contributed by atoms with Crippen LogP contribution >= 0.6 is 11.6 Å². The Bertz CT molecular complexity index is 455. The smallest absolute Gasteiger partial charge is 0.319 e. The second-order valence-corrected chi connectivity index (χ2v) is 4.83. The summed E-state index contributed by atoms with van der Waals surface area (Å²) in [4.78, 5) is 11.7. The minimum absolute atomic E-state index is 0.384. The van der Waals surface area contributed by atoms with Crippen LogP contribution in [0.1, 0.15) is 20.8 Å². The van der Waals surface area contributed by atoms with E-state index < -0.39 is 5.54 Å². The standard InChI is InChI=1S/C12H16ClN3O2/c1-8(16-18)12(2,3)15-11(17)14-10-6-4-9(13)5-7-10/h4-7,18H,1-3H3,(H2,14,15,17). The van der Waals surface area contributed by atoms with Gasteiger partial charge in [-0.2, -0.15) is 0 Å². The summed E-state index contributed by atoms with van der Waals surface area (Å²) in [6, 6.07) is 6.38. The van der Waals surface area contributed by atoms with E-state index in [2.05, 4.69) is 15.8 Å². The summed E-state index contributed by atoms with van der Waals surface area (Å²) in [6.07, 6.45) is 0. The third kappa shape index (κ3) is 3.92. The van der Waals surface area contributed by atoms with E-state index in [1.807, 2.05) is 0 Å². The van der Waals surface area contributed by atoms with Crippen LogP contribution in [-0.2, 0) is 0 Å². The fourth-order valence-corrected chi connectivity index (χ4v) is 1.32. The third-order valence-electron chi connectivity index (χ3n) is 2.58. The molecule has 0 heterocycles. The second kappa shape index (κ2) is 5.73. The Hall–Kier alpha value is -1.75. The van der Waals surface area contributed by atoms with E-state index in [0.29, 0.717) is 16.4 Å². The quantitative estimate of drug-likeness (QED) is 0.448. The van der Waals surface area contributed by atoms with Crippen molar-refractivity contribution >= 4 is 29.0 Å². The third-order valence-corrected chi connectivity index (χ3v) is 2.83. The van der Waals surface area contributed by atoms with Crippen molar-refractivity contribution in [2.45, 2.75) is 26.3 Å². The molecular weight excluding hydrogens is 254 g/mol. The molecule has 0 spiro atoms. The highest BCUT2D eigenvalue weighted by atomic mass is 35.5. The van der Waals surface area contributed by atoms with Gasteiger partial charge in [-0.25, -0.2) is 4.79 Å². The average Bonchev–Trinajstić information content (AvgIpc) is 2.30. The highest BCUT2D eigenvalue weighted by molar-refractivity contribution is 6.30. The van der Waals surface area contributed by atoms with Gasteiger partial charge in [0.2, 0.25) is 0 Å². The number of benzene rings is 1. The number of anilines is 1. The molecule has 0 aliphatic rings. The van der Waals surface area contributed by atoms with Crippen LogP contribution in [0.4, 0.5) is 10.5 Å². The number of halogens is 1. The van der Waals surface area contributed by atoms with Gasteiger partial charge in [0.1, 0.15) is 0 Å². The minimum atomic E-state index is -0.731. The maximum atomic E-state index is 11.7. The topological polar surface area (TPSA) is 73.7 Å². The number of nitrogens with zero attached hydrogens (tertiary/aromatic N) is 1. The van der Waals surface area contributed by atoms with Crippen LogP contribution in [0.15, 0.2) is 29.4 Å². The van der Waals surface area contributed by atoms with Crippen LogP contribution in [0.5, 0.6) is 0 Å². The molecule has 3 N–H and O–H groups in total. The summed E-state index contributed by atoms with van der Waals surface area (Å²) >= 11 is 5.74. The molecule has 0 aliphatic heterocycles. The molecular formula is C12H16ClN3O2. The molecule has 5 nitrogen and oxygen atoms in total. The zero-order valence-electron chi connectivity index (χ0n) is 10.5. The molecule has 0 radical (unpaired) electrons. The fraction of sp³-hybridized carbons (Fsp3) is 0.333. The molecule has 1 rings (SSSR count). The molecule has 0 atom stereocenters. The van der Waals surface area contributed by atoms with Crippen LogP contribution in [0.3, 0.4) is 0 Å². The Labute approximate surface area is 111 Å². The maximum Gasteiger partial charge on any atom is 0.319 e. The lowest BCUT2D eigenvalue weighted by molar-refractivity contribution is 0.246. The van der Waals surface area contributed by atoms with E-state index >= 15 is 0 Å². The maximum absolute atomic E-state index is 11.7. The highest BCUT2D eigenvalue weighted by Gasteiger charge is 2.24. The largest absolute Gasteiger partial charge is 0.411 e. The van der Waals surface area contributed by atoms with Gasteiger partial charge in [0, 0.05) is 10.7 Å². The van der Waals surface area contributed by atoms with Gasteiger partial charge in [-0.1, -0.05) is 16.8 Å². The summed E-state index contributed by atoms with van der Waals surface area (Å²) in [5.41, 5.74) is 0.311. The Kier molecular flexibility index (Phi) is 4.55. The predicted molar refractivity (Wildman–Crippen MR) is 72.6 cm³/mol. The van der Waals surface area contributed by atoms with Gasteiger partial charge in [-0.15, -0.1) is 0 Å². The van der Waals surface area contributed by atoms with E-state index in [0.717, 1.165) is 0 Å². The lowest BCUT2D eigenvalue weighted by Gasteiger charge is -2.25. The van der Waals surface area contributed by atoms with Crippen molar-refractivity contribution in [1.82, 2.24) is 5.32 Å². The number of oxime groups is 1. The lowest BCUT2D eigenvalue weighted by atomic mass is 10.0. The molecule has 0 saturated carbocycles. The van der Waals surface area contributed by atoms with E-state index in [9.17, 15) is 4.79 Å². The summed E-state index contributed by atoms with van der Waals surface area (Å²) in [7, 11) is 0. The number of carbonyl (C=O) groups is 1. The van der Waals surface area contributed by atoms with Crippen LogP contribution in [-0.4, -0.2) is 22.5 Å². The number of urea groups is 1. The Morgan fingerprint density at radius 1 is 1.33 bits per heavy atom. The van der Waals surface area contributed by atoms with Crippen molar-refractivity contribution in [3.05, 3.63) is 29.3 Å². The summed E-state index contributed by atoms with van der Waals surface area (Å²) in [6.45, 7) is 5.11. The van der Waals surface area contributed by atoms with Crippen molar-refractivity contribution in [1.29, 1.82) is 0 Å². The summed E-state index contributed by atoms with van der Waals surface area (Å²) in [5, 5.41) is 17.8. The number of hydrogen-bond acceptors (Lipinski definition) is 3. The number of nitrogens with one attached hydrogen (secondary N) is 2. The Morgan fingerprint density at radius 2 is 1.89 bits per heavy atom. The zero-order chi connectivity index (χ0) is 13.8. The normalized spacial score (nSPS) is 12.1. The fourth-order valence-electron chi connectivity index (χ4n) is 1.19. The highest BCUT2D eigenvalue weighted by Crippen LogP contribution is 2.13. The first-order chi connectivity index (χ1) is 8.35. The van der Waals surface area contributed by atoms with Gasteiger partial charge in [-0.05, 0) is 45.0 Å². The van der Waals surface area contributed by atoms with E-state index in [1.165, 1.54) is 0 Å². The molecule has 1 aromatic rings. The molecule has 0 unspecified atom stereocenters. The van der Waals surface area contributed by atoms with Crippen LogP contribution in [0.2, 0.25) is 5.02 Å². The monoisotopic (exact) mass is 269 g/mol. The molecule has 0 aliphatic carbocycles. The van der Waals surface area contributed by atoms with Crippen molar-refractivity contribution in [3.8, 4) is 0 Å². The van der Waals surface area contributed by atoms with Crippen LogP contribution in [0.25, 0.3) is 0 Å². The predicted octanol–water partition coefficient (Wildman–Crippen LogP) is 3.09. The van der Waals surface area contributed by atoms with Crippen molar-refractivity contribution < 1.29 is 10.0 Å². The molecule has 0 bridgehead atoms. The summed E-state index contributed by atoms with van der Waals surface area (Å²) in [5.74, 6) is 0. The molecule has 0 saturated heterocycles. The van der Waals surface area contributed by atoms with E-state index in [4.69, 9.17) is 16.8 Å². The van der Waals surface area contributed by atoms with E-state index in [-0.39, 0.29) is 6.03 Å². The summed E-state index contributed by atoms with van der Waals surface area (Å²) < 4.78 is 0. The molecule has 0 fully saturated rings. The second-order valence-electron chi connectivity index (χ2n) is 4.40. The molecule has 6 heteroatoms. The van der Waals surface area contributed by atoms with Gasteiger partial charge < -0.3 is 15.8 Å². The zero-order valence-corrected chi connectivity index (χ0v) is 11.2. The molecule has 2 amide bonds. The molecule has 1 aromatic carbocycles. The van der Waals surface area contributed by atoms with Gasteiger partial charge in [0.25, 0.3) is 0 Å². The van der Waals surface area contributed by atoms with Crippen LogP contribution < -0.4 is 10.6 Å². The van der Waals surface area contributed by atoms with E-state index in [1.54, 1.807) is 45.0 Å². The van der Waals surface area contributed by atoms with Gasteiger partial charge >= 0.3 is 6.03 Å². The van der Waals surface area contributed by atoms with Gasteiger partial charge in [-0.3, -0.25) is 0 Å². The first kappa shape index (κ1) is 14.3. The number of rotatable bonds is 3. The van der Waals surface area contributed by atoms with Crippen LogP contribution in [0, 0.1) is 0 Å². The number of hydrogen-bond donors (Lipinski definition) is 3. The molecule has 18 heavy (non-hydrogen) atoms. The molecule has 0 aromatic heterocycles. The number of carbonyl (C=O) groups excluding carboxylic acids is 1. The minimum Gasteiger partial charge on any atom is -0.411 e. The van der Waals surface area contributed by atoms with Crippen molar-refractivity contribution in [3.63, 3.8) is 0 Å². The van der Waals surface area contributed by atoms with Gasteiger partial charge in [0.15, 0.2) is 0 Å². The first-order valence-corrected chi connectivity index (χ1v) is 5.77. The van der Waals surface area contributed by atoms with Crippen molar-refractivity contribution in [2.24, 2.45) is 5.16 Å². The first-order valence-electron chi connectivity index (χ1n) is 5.39. The average molecular weight is 270 g/mol. The number of amides is 2. The lowest BCUT2D eigenvalue weighted by Crippen LogP contribution is -2.50.